The Balaban J connectivity index is 1.41. The van der Waals surface area contributed by atoms with Crippen molar-refractivity contribution in [3.8, 4) is 11.5 Å². The van der Waals surface area contributed by atoms with Crippen molar-refractivity contribution in [3.05, 3.63) is 84.4 Å². The van der Waals surface area contributed by atoms with Crippen LogP contribution in [0.3, 0.4) is 0 Å². The van der Waals surface area contributed by atoms with Gasteiger partial charge in [0.05, 0.1) is 30.8 Å². The maximum absolute atomic E-state index is 12.6. The van der Waals surface area contributed by atoms with Crippen LogP contribution >= 0.6 is 0 Å². The number of imidazole rings is 1. The molecule has 1 atom stereocenters. The third-order valence-corrected chi connectivity index (χ3v) is 5.40. The van der Waals surface area contributed by atoms with Crippen LogP contribution in [0.4, 0.5) is 0 Å². The summed E-state index contributed by atoms with van der Waals surface area (Å²) in [6, 6.07) is 20.7. The van der Waals surface area contributed by atoms with E-state index in [1.165, 1.54) is 0 Å². The van der Waals surface area contributed by atoms with Crippen molar-refractivity contribution in [2.45, 2.75) is 32.4 Å². The number of methoxy groups -OCH3 is 1. The molecule has 170 valence electrons. The first-order valence-electron chi connectivity index (χ1n) is 11.1. The molecule has 1 amide bonds. The van der Waals surface area contributed by atoms with Crippen molar-refractivity contribution in [2.24, 2.45) is 0 Å². The Morgan fingerprint density at radius 1 is 1.03 bits per heavy atom. The normalized spacial score (nSPS) is 11.8. The molecule has 4 aromatic rings. The van der Waals surface area contributed by atoms with Crippen LogP contribution in [0, 0.1) is 0 Å². The van der Waals surface area contributed by atoms with Gasteiger partial charge in [0.1, 0.15) is 23.0 Å². The SMILES string of the molecule is COc1cccc(OCCCCn2c(C(C)NC(=O)c3ccccn3)nc3ccccc32)c1. The Morgan fingerprint density at radius 3 is 2.67 bits per heavy atom. The molecule has 7 heteroatoms. The predicted octanol–water partition coefficient (Wildman–Crippen LogP) is 4.79. The monoisotopic (exact) mass is 444 g/mol. The minimum Gasteiger partial charge on any atom is -0.497 e. The standard InChI is InChI=1S/C26H28N4O3/c1-19(28-26(31)23-13-5-6-15-27-23)25-29-22-12-3-4-14-24(22)30(25)16-7-8-17-33-21-11-9-10-20(18-21)32-2/h3-6,9-15,18-19H,7-8,16-17H2,1-2H3,(H,28,31). The predicted molar refractivity (Wildman–Crippen MR) is 128 cm³/mol. The van der Waals surface area contributed by atoms with Crippen LogP contribution in [-0.2, 0) is 6.54 Å². The van der Waals surface area contributed by atoms with E-state index in [-0.39, 0.29) is 11.9 Å². The molecular formula is C26H28N4O3. The summed E-state index contributed by atoms with van der Waals surface area (Å²) in [7, 11) is 1.64. The van der Waals surface area contributed by atoms with Crippen molar-refractivity contribution in [1.82, 2.24) is 19.9 Å². The molecule has 0 spiro atoms. The van der Waals surface area contributed by atoms with E-state index in [0.29, 0.717) is 12.3 Å². The molecule has 33 heavy (non-hydrogen) atoms. The Labute approximate surface area is 193 Å². The lowest BCUT2D eigenvalue weighted by Gasteiger charge is -2.16. The number of carbonyl (C=O) groups excluding carboxylic acids is 1. The molecule has 7 nitrogen and oxygen atoms in total. The van der Waals surface area contributed by atoms with Gasteiger partial charge in [0.15, 0.2) is 0 Å². The number of rotatable bonds is 10. The molecule has 0 aliphatic heterocycles. The molecule has 4 rings (SSSR count). The highest BCUT2D eigenvalue weighted by Crippen LogP contribution is 2.22. The van der Waals surface area contributed by atoms with Gasteiger partial charge >= 0.3 is 0 Å². The number of aryl methyl sites for hydroxylation is 1. The highest BCUT2D eigenvalue weighted by atomic mass is 16.5. The number of hydrogen-bond acceptors (Lipinski definition) is 5. The fraction of sp³-hybridized carbons (Fsp3) is 0.269. The van der Waals surface area contributed by atoms with E-state index in [4.69, 9.17) is 14.5 Å². The lowest BCUT2D eigenvalue weighted by atomic mass is 10.2. The number of pyridine rings is 1. The zero-order valence-electron chi connectivity index (χ0n) is 18.9. The number of para-hydroxylation sites is 2. The summed E-state index contributed by atoms with van der Waals surface area (Å²) in [5.74, 6) is 2.19. The van der Waals surface area contributed by atoms with E-state index in [9.17, 15) is 4.79 Å². The second-order valence-electron chi connectivity index (χ2n) is 7.76. The van der Waals surface area contributed by atoms with Crippen molar-refractivity contribution in [1.29, 1.82) is 0 Å². The second kappa shape index (κ2) is 10.6. The molecule has 1 unspecified atom stereocenters. The largest absolute Gasteiger partial charge is 0.497 e. The molecule has 0 fully saturated rings. The fourth-order valence-electron chi connectivity index (χ4n) is 3.74. The van der Waals surface area contributed by atoms with E-state index in [0.717, 1.165) is 47.7 Å². The first-order chi connectivity index (χ1) is 16.2. The summed E-state index contributed by atoms with van der Waals surface area (Å²) in [6.07, 6.45) is 3.42. The van der Waals surface area contributed by atoms with Crippen molar-refractivity contribution >= 4 is 16.9 Å². The summed E-state index contributed by atoms with van der Waals surface area (Å²) in [4.78, 5) is 21.5. The highest BCUT2D eigenvalue weighted by Gasteiger charge is 2.19. The van der Waals surface area contributed by atoms with Gasteiger partial charge in [-0.05, 0) is 56.2 Å². The molecule has 0 aliphatic carbocycles. The van der Waals surface area contributed by atoms with Crippen molar-refractivity contribution in [2.75, 3.05) is 13.7 Å². The van der Waals surface area contributed by atoms with Gasteiger partial charge in [-0.2, -0.15) is 0 Å². The second-order valence-corrected chi connectivity index (χ2v) is 7.76. The number of carbonyl (C=O) groups is 1. The molecule has 0 radical (unpaired) electrons. The fourth-order valence-corrected chi connectivity index (χ4v) is 3.74. The van der Waals surface area contributed by atoms with Gasteiger partial charge in [-0.1, -0.05) is 24.3 Å². The number of benzene rings is 2. The number of amides is 1. The van der Waals surface area contributed by atoms with E-state index in [1.54, 1.807) is 31.5 Å². The molecule has 0 saturated heterocycles. The van der Waals surface area contributed by atoms with E-state index in [2.05, 4.69) is 20.9 Å². The minimum atomic E-state index is -0.264. The maximum atomic E-state index is 12.6. The zero-order valence-corrected chi connectivity index (χ0v) is 18.9. The number of ether oxygens (including phenoxy) is 2. The molecule has 1 N–H and O–H groups in total. The van der Waals surface area contributed by atoms with Crippen LogP contribution in [0.25, 0.3) is 11.0 Å². The Bertz CT molecular complexity index is 1210. The lowest BCUT2D eigenvalue weighted by molar-refractivity contribution is 0.0932. The molecule has 2 heterocycles. The number of nitrogens with zero attached hydrogens (tertiary/aromatic N) is 3. The smallest absolute Gasteiger partial charge is 0.270 e. The Morgan fingerprint density at radius 2 is 1.85 bits per heavy atom. The van der Waals surface area contributed by atoms with Crippen LogP contribution < -0.4 is 14.8 Å². The number of hydrogen-bond donors (Lipinski definition) is 1. The van der Waals surface area contributed by atoms with Crippen LogP contribution in [0.2, 0.25) is 0 Å². The Kier molecular flexibility index (Phi) is 7.19. The summed E-state index contributed by atoms with van der Waals surface area (Å²) < 4.78 is 13.3. The summed E-state index contributed by atoms with van der Waals surface area (Å²) in [5.41, 5.74) is 2.36. The van der Waals surface area contributed by atoms with Gasteiger partial charge in [0.2, 0.25) is 0 Å². The van der Waals surface area contributed by atoms with E-state index in [1.807, 2.05) is 49.4 Å². The average molecular weight is 445 g/mol. The molecule has 2 aromatic carbocycles. The highest BCUT2D eigenvalue weighted by molar-refractivity contribution is 5.92. The topological polar surface area (TPSA) is 78.3 Å². The van der Waals surface area contributed by atoms with Gasteiger partial charge in [0.25, 0.3) is 5.91 Å². The average Bonchev–Trinajstić information content (AvgIpc) is 3.23. The zero-order chi connectivity index (χ0) is 23.0. The van der Waals surface area contributed by atoms with E-state index < -0.39 is 0 Å². The van der Waals surface area contributed by atoms with Crippen LogP contribution in [0.1, 0.15) is 42.1 Å². The van der Waals surface area contributed by atoms with Gasteiger partial charge < -0.3 is 19.4 Å². The number of fused-ring (bicyclic) bond motifs is 1. The van der Waals surface area contributed by atoms with Crippen molar-refractivity contribution in [3.63, 3.8) is 0 Å². The summed E-state index contributed by atoms with van der Waals surface area (Å²) in [6.45, 7) is 3.34. The van der Waals surface area contributed by atoms with E-state index >= 15 is 0 Å². The first kappa shape index (κ1) is 22.3. The third-order valence-electron chi connectivity index (χ3n) is 5.40. The van der Waals surface area contributed by atoms with Crippen LogP contribution in [0.5, 0.6) is 11.5 Å². The molecule has 2 aromatic heterocycles. The summed E-state index contributed by atoms with van der Waals surface area (Å²) in [5, 5.41) is 3.03. The summed E-state index contributed by atoms with van der Waals surface area (Å²) >= 11 is 0. The van der Waals surface area contributed by atoms with Crippen LogP contribution in [-0.4, -0.2) is 34.2 Å². The van der Waals surface area contributed by atoms with Gasteiger partial charge in [-0.15, -0.1) is 0 Å². The minimum absolute atomic E-state index is 0.214. The van der Waals surface area contributed by atoms with Gasteiger partial charge in [-0.25, -0.2) is 4.98 Å². The van der Waals surface area contributed by atoms with Crippen LogP contribution in [0.15, 0.2) is 72.9 Å². The Hall–Kier alpha value is -3.87. The molecule has 0 saturated carbocycles. The van der Waals surface area contributed by atoms with Gasteiger partial charge in [0, 0.05) is 18.8 Å². The quantitative estimate of drug-likeness (QED) is 0.356. The van der Waals surface area contributed by atoms with Gasteiger partial charge in [-0.3, -0.25) is 9.78 Å². The first-order valence-corrected chi connectivity index (χ1v) is 11.1. The third kappa shape index (κ3) is 5.49. The lowest BCUT2D eigenvalue weighted by Crippen LogP contribution is -2.29. The molecular weight excluding hydrogens is 416 g/mol. The number of unbranched alkanes of at least 4 members (excludes halogenated alkanes) is 1. The molecule has 0 aliphatic rings. The molecule has 0 bridgehead atoms. The maximum Gasteiger partial charge on any atom is 0.270 e. The number of nitrogens with one attached hydrogen (secondary N) is 1. The number of aromatic nitrogens is 3. The van der Waals surface area contributed by atoms with Crippen molar-refractivity contribution < 1.29 is 14.3 Å².